The van der Waals surface area contributed by atoms with E-state index in [0.717, 1.165) is 37.1 Å². The van der Waals surface area contributed by atoms with Crippen molar-refractivity contribution in [3.8, 4) is 5.88 Å². The number of carbonyl (C=O) groups is 1. The number of nitrogens with zero attached hydrogens (tertiary/aromatic N) is 2. The molecule has 1 aromatic heterocycles. The minimum Gasteiger partial charge on any atom is -0.463 e. The zero-order valence-electron chi connectivity index (χ0n) is 23.2. The Balaban J connectivity index is 0.00000222. The van der Waals surface area contributed by atoms with Crippen LogP contribution in [0.1, 0.15) is 90.9 Å². The first kappa shape index (κ1) is 30.1. The van der Waals surface area contributed by atoms with E-state index in [4.69, 9.17) is 24.0 Å². The molecule has 0 bridgehead atoms. The molecule has 2 aliphatic rings. The minimum absolute atomic E-state index is 0.0946. The monoisotopic (exact) mass is 506 g/mol. The third kappa shape index (κ3) is 8.75. The standard InChI is InChI=1S/C26H40N2O6.C2H6/c1-6-20(7-2)9-8-17(3)12-24-18(4)28(21-10-11-31-15-21)27-26(24)34-25-14-22(30)13-23(33-25)16-32-19(5)29;1-2/h8-9,21-23,25,30H,6-7,10-16H2,1-5H3;1-2H3/b17-8+;. The summed E-state index contributed by atoms with van der Waals surface area (Å²) in [6.45, 7) is 15.4. The van der Waals surface area contributed by atoms with Gasteiger partial charge in [-0.2, -0.15) is 0 Å². The van der Waals surface area contributed by atoms with Gasteiger partial charge in [-0.05, 0) is 33.1 Å². The maximum atomic E-state index is 11.2. The van der Waals surface area contributed by atoms with E-state index in [1.807, 2.05) is 18.5 Å². The molecule has 0 spiro atoms. The molecule has 0 radical (unpaired) electrons. The van der Waals surface area contributed by atoms with E-state index in [-0.39, 0.29) is 18.6 Å². The Morgan fingerprint density at radius 3 is 2.53 bits per heavy atom. The summed E-state index contributed by atoms with van der Waals surface area (Å²) in [5.74, 6) is 0.153. The van der Waals surface area contributed by atoms with Gasteiger partial charge in [-0.15, -0.1) is 5.10 Å². The molecule has 8 heteroatoms. The van der Waals surface area contributed by atoms with Crippen molar-refractivity contribution in [2.45, 2.75) is 112 Å². The zero-order valence-corrected chi connectivity index (χ0v) is 23.2. The molecule has 204 valence electrons. The number of ether oxygens (including phenoxy) is 4. The molecule has 2 fully saturated rings. The third-order valence-electron chi connectivity index (χ3n) is 6.52. The van der Waals surface area contributed by atoms with E-state index in [2.05, 4.69) is 39.8 Å². The smallest absolute Gasteiger partial charge is 0.302 e. The number of hydrogen-bond acceptors (Lipinski definition) is 7. The van der Waals surface area contributed by atoms with Crippen LogP contribution in [0.3, 0.4) is 0 Å². The number of esters is 1. The van der Waals surface area contributed by atoms with E-state index < -0.39 is 18.5 Å². The van der Waals surface area contributed by atoms with Gasteiger partial charge in [-0.25, -0.2) is 0 Å². The Morgan fingerprint density at radius 1 is 1.19 bits per heavy atom. The predicted octanol–water partition coefficient (Wildman–Crippen LogP) is 5.22. The number of allylic oxidation sites excluding steroid dienone is 4. The molecule has 3 heterocycles. The van der Waals surface area contributed by atoms with E-state index in [1.165, 1.54) is 18.1 Å². The van der Waals surface area contributed by atoms with Gasteiger partial charge < -0.3 is 24.1 Å². The van der Waals surface area contributed by atoms with Crippen molar-refractivity contribution in [2.24, 2.45) is 0 Å². The van der Waals surface area contributed by atoms with Crippen molar-refractivity contribution >= 4 is 5.97 Å². The van der Waals surface area contributed by atoms with Gasteiger partial charge in [-0.3, -0.25) is 9.48 Å². The number of aliphatic hydroxyl groups excluding tert-OH is 1. The molecule has 0 aliphatic carbocycles. The largest absolute Gasteiger partial charge is 0.463 e. The van der Waals surface area contributed by atoms with Crippen LogP contribution in [-0.2, 0) is 25.4 Å². The highest BCUT2D eigenvalue weighted by Crippen LogP contribution is 2.32. The predicted molar refractivity (Wildman–Crippen MR) is 140 cm³/mol. The van der Waals surface area contributed by atoms with E-state index in [9.17, 15) is 9.90 Å². The van der Waals surface area contributed by atoms with Crippen LogP contribution in [0.15, 0.2) is 23.3 Å². The first-order valence-electron chi connectivity index (χ1n) is 13.4. The second-order valence-corrected chi connectivity index (χ2v) is 9.29. The molecule has 8 nitrogen and oxygen atoms in total. The third-order valence-corrected chi connectivity index (χ3v) is 6.52. The molecular formula is C28H46N2O6. The van der Waals surface area contributed by atoms with Crippen LogP contribution in [0.5, 0.6) is 5.88 Å². The first-order valence-corrected chi connectivity index (χ1v) is 13.4. The Labute approximate surface area is 216 Å². The van der Waals surface area contributed by atoms with Crippen LogP contribution in [0.4, 0.5) is 0 Å². The van der Waals surface area contributed by atoms with E-state index in [0.29, 0.717) is 31.7 Å². The van der Waals surface area contributed by atoms with Crippen LogP contribution in [0, 0.1) is 6.92 Å². The molecule has 3 rings (SSSR count). The minimum atomic E-state index is -0.665. The number of aromatic nitrogens is 2. The fourth-order valence-electron chi connectivity index (χ4n) is 4.44. The fraction of sp³-hybridized carbons (Fsp3) is 0.714. The molecular weight excluding hydrogens is 460 g/mol. The van der Waals surface area contributed by atoms with Crippen molar-refractivity contribution in [3.63, 3.8) is 0 Å². The zero-order chi connectivity index (χ0) is 26.7. The molecule has 1 aromatic rings. The topological polar surface area (TPSA) is 92.0 Å². The summed E-state index contributed by atoms with van der Waals surface area (Å²) < 4.78 is 24.9. The highest BCUT2D eigenvalue weighted by molar-refractivity contribution is 5.65. The number of aliphatic hydroxyl groups is 1. The van der Waals surface area contributed by atoms with Gasteiger partial charge in [0.05, 0.1) is 24.9 Å². The average molecular weight is 507 g/mol. The SMILES string of the molecule is CC.CCC(=C/C=C(\C)Cc1c(OC2CC(O)CC(COC(C)=O)O2)nn(C2CCOC2)c1C)CC. The van der Waals surface area contributed by atoms with Crippen molar-refractivity contribution < 1.29 is 28.8 Å². The molecule has 2 aliphatic heterocycles. The summed E-state index contributed by atoms with van der Waals surface area (Å²) in [6, 6.07) is 0.182. The molecule has 36 heavy (non-hydrogen) atoms. The van der Waals surface area contributed by atoms with Gasteiger partial charge in [0.2, 0.25) is 12.2 Å². The van der Waals surface area contributed by atoms with Crippen LogP contribution >= 0.6 is 0 Å². The lowest BCUT2D eigenvalue weighted by molar-refractivity contribution is -0.193. The highest BCUT2D eigenvalue weighted by Gasteiger charge is 2.33. The summed E-state index contributed by atoms with van der Waals surface area (Å²) >= 11 is 0. The van der Waals surface area contributed by atoms with E-state index >= 15 is 0 Å². The maximum absolute atomic E-state index is 11.2. The second-order valence-electron chi connectivity index (χ2n) is 9.29. The Morgan fingerprint density at radius 2 is 1.92 bits per heavy atom. The lowest BCUT2D eigenvalue weighted by Crippen LogP contribution is -2.41. The number of carbonyl (C=O) groups excluding carboxylic acids is 1. The summed E-state index contributed by atoms with van der Waals surface area (Å²) in [5, 5.41) is 15.2. The van der Waals surface area contributed by atoms with Crippen molar-refractivity contribution in [2.75, 3.05) is 19.8 Å². The van der Waals surface area contributed by atoms with Crippen molar-refractivity contribution in [1.29, 1.82) is 0 Å². The summed E-state index contributed by atoms with van der Waals surface area (Å²) in [4.78, 5) is 11.2. The van der Waals surface area contributed by atoms with Gasteiger partial charge in [0.25, 0.3) is 0 Å². The molecule has 0 amide bonds. The number of hydrogen-bond donors (Lipinski definition) is 1. The summed E-state index contributed by atoms with van der Waals surface area (Å²) in [7, 11) is 0. The van der Waals surface area contributed by atoms with Crippen LogP contribution < -0.4 is 4.74 Å². The quantitative estimate of drug-likeness (QED) is 0.343. The molecule has 4 atom stereocenters. The normalized spacial score (nSPS) is 24.1. The summed E-state index contributed by atoms with van der Waals surface area (Å²) in [5.41, 5.74) is 4.70. The van der Waals surface area contributed by atoms with Gasteiger partial charge in [0, 0.05) is 44.1 Å². The Kier molecular flexibility index (Phi) is 12.7. The van der Waals surface area contributed by atoms with Crippen molar-refractivity contribution in [1.82, 2.24) is 9.78 Å². The van der Waals surface area contributed by atoms with Gasteiger partial charge in [0.15, 0.2) is 0 Å². The molecule has 0 aromatic carbocycles. The lowest BCUT2D eigenvalue weighted by Gasteiger charge is -2.32. The summed E-state index contributed by atoms with van der Waals surface area (Å²) in [6.07, 6.45) is 7.16. The van der Waals surface area contributed by atoms with Crippen molar-refractivity contribution in [3.05, 3.63) is 34.6 Å². The maximum Gasteiger partial charge on any atom is 0.302 e. The first-order chi connectivity index (χ1) is 17.3. The van der Waals surface area contributed by atoms with Gasteiger partial charge in [-0.1, -0.05) is 51.0 Å². The van der Waals surface area contributed by atoms with Crippen LogP contribution in [0.25, 0.3) is 0 Å². The Hall–Kier alpha value is -2.16. The molecule has 0 saturated carbocycles. The van der Waals surface area contributed by atoms with E-state index in [1.54, 1.807) is 0 Å². The van der Waals surface area contributed by atoms with Crippen LogP contribution in [0.2, 0.25) is 0 Å². The van der Waals surface area contributed by atoms with Crippen LogP contribution in [-0.4, -0.2) is 59.2 Å². The average Bonchev–Trinajstić information content (AvgIpc) is 3.49. The highest BCUT2D eigenvalue weighted by atomic mass is 16.7. The molecule has 2 saturated heterocycles. The Bertz CT molecular complexity index is 879. The molecule has 4 unspecified atom stereocenters. The second kappa shape index (κ2) is 15.2. The van der Waals surface area contributed by atoms with Gasteiger partial charge in [0.1, 0.15) is 6.61 Å². The fourth-order valence-corrected chi connectivity index (χ4v) is 4.44. The van der Waals surface area contributed by atoms with Gasteiger partial charge >= 0.3 is 5.97 Å². The molecule has 1 N–H and O–H groups in total. The lowest BCUT2D eigenvalue weighted by atomic mass is 10.0. The number of rotatable bonds is 10.